The third-order valence-corrected chi connectivity index (χ3v) is 4.21. The molecule has 0 aliphatic heterocycles. The van der Waals surface area contributed by atoms with Crippen LogP contribution in [-0.4, -0.2) is 20.8 Å². The first kappa shape index (κ1) is 15.9. The molecule has 0 atom stereocenters. The molecule has 0 saturated carbocycles. The molecule has 0 saturated heterocycles. The lowest BCUT2D eigenvalue weighted by atomic mass is 10.2. The summed E-state index contributed by atoms with van der Waals surface area (Å²) >= 11 is 15.4. The number of nitrogens with zero attached hydrogens (tertiary/aromatic N) is 3. The predicted molar refractivity (Wildman–Crippen MR) is 84.7 cm³/mol. The van der Waals surface area contributed by atoms with Gasteiger partial charge in [0, 0.05) is 17.6 Å². The standard InChI is InChI=1S/C12H11BrCl2N4O2/c1-5-10(11(16)18-20)12(19(2)17-5)21-9-4-7(14)6(13)3-8(9)15/h3-4,20H,1-2H3,(H2,16,18). The van der Waals surface area contributed by atoms with Gasteiger partial charge in [0.05, 0.1) is 15.7 Å². The van der Waals surface area contributed by atoms with E-state index >= 15 is 0 Å². The maximum absolute atomic E-state index is 8.86. The van der Waals surface area contributed by atoms with Crippen molar-refractivity contribution in [2.45, 2.75) is 6.92 Å². The highest BCUT2D eigenvalue weighted by molar-refractivity contribution is 9.10. The summed E-state index contributed by atoms with van der Waals surface area (Å²) in [6.45, 7) is 1.72. The molecule has 0 spiro atoms. The summed E-state index contributed by atoms with van der Waals surface area (Å²) in [5, 5.41) is 16.8. The van der Waals surface area contributed by atoms with Gasteiger partial charge in [-0.3, -0.25) is 0 Å². The Hall–Kier alpha value is -1.44. The van der Waals surface area contributed by atoms with Crippen LogP contribution in [0.1, 0.15) is 11.3 Å². The first-order valence-electron chi connectivity index (χ1n) is 5.69. The van der Waals surface area contributed by atoms with E-state index in [0.29, 0.717) is 37.4 Å². The van der Waals surface area contributed by atoms with E-state index in [0.717, 1.165) is 0 Å². The number of aryl methyl sites for hydroxylation is 2. The summed E-state index contributed by atoms with van der Waals surface area (Å²) in [6, 6.07) is 3.18. The van der Waals surface area contributed by atoms with Gasteiger partial charge in [-0.25, -0.2) is 4.68 Å². The number of benzene rings is 1. The average molecular weight is 394 g/mol. The second-order valence-electron chi connectivity index (χ2n) is 4.17. The summed E-state index contributed by atoms with van der Waals surface area (Å²) in [5.41, 5.74) is 6.60. The van der Waals surface area contributed by atoms with Crippen LogP contribution in [0.5, 0.6) is 11.6 Å². The minimum absolute atomic E-state index is 0.102. The van der Waals surface area contributed by atoms with Gasteiger partial charge >= 0.3 is 0 Å². The number of aromatic nitrogens is 2. The second kappa shape index (κ2) is 6.13. The van der Waals surface area contributed by atoms with Gasteiger partial charge in [-0.2, -0.15) is 5.10 Å². The third kappa shape index (κ3) is 3.09. The van der Waals surface area contributed by atoms with Gasteiger partial charge in [-0.05, 0) is 28.9 Å². The molecule has 3 N–H and O–H groups in total. The number of oxime groups is 1. The molecule has 0 unspecified atom stereocenters. The Morgan fingerprint density at radius 3 is 2.71 bits per heavy atom. The number of halogens is 3. The monoisotopic (exact) mass is 392 g/mol. The number of hydrogen-bond acceptors (Lipinski definition) is 4. The summed E-state index contributed by atoms with van der Waals surface area (Å²) in [6.07, 6.45) is 0. The number of amidine groups is 1. The lowest BCUT2D eigenvalue weighted by molar-refractivity contribution is 0.318. The van der Waals surface area contributed by atoms with E-state index in [-0.39, 0.29) is 5.84 Å². The molecule has 0 bridgehead atoms. The first-order valence-corrected chi connectivity index (χ1v) is 7.24. The van der Waals surface area contributed by atoms with Crippen LogP contribution in [0, 0.1) is 6.92 Å². The van der Waals surface area contributed by atoms with E-state index in [1.165, 1.54) is 4.68 Å². The van der Waals surface area contributed by atoms with Crippen molar-refractivity contribution in [3.63, 3.8) is 0 Å². The van der Waals surface area contributed by atoms with Crippen LogP contribution in [0.15, 0.2) is 21.8 Å². The Morgan fingerprint density at radius 1 is 1.43 bits per heavy atom. The maximum atomic E-state index is 8.86. The molecule has 0 aliphatic carbocycles. The SMILES string of the molecule is Cc1nn(C)c(Oc2cc(Cl)c(Br)cc2Cl)c1/C(N)=N/O. The van der Waals surface area contributed by atoms with Crippen molar-refractivity contribution in [3.8, 4) is 11.6 Å². The molecule has 1 aromatic carbocycles. The molecule has 1 aromatic heterocycles. The zero-order valence-corrected chi connectivity index (χ0v) is 14.2. The molecule has 2 rings (SSSR count). The average Bonchev–Trinajstić information content (AvgIpc) is 2.69. The molecule has 112 valence electrons. The van der Waals surface area contributed by atoms with Crippen molar-refractivity contribution < 1.29 is 9.94 Å². The van der Waals surface area contributed by atoms with E-state index in [1.54, 1.807) is 26.1 Å². The van der Waals surface area contributed by atoms with Crippen molar-refractivity contribution >= 4 is 45.0 Å². The van der Waals surface area contributed by atoms with Crippen LogP contribution in [0.3, 0.4) is 0 Å². The van der Waals surface area contributed by atoms with Gasteiger partial charge in [-0.1, -0.05) is 28.4 Å². The Morgan fingerprint density at radius 2 is 2.10 bits per heavy atom. The quantitative estimate of drug-likeness (QED) is 0.274. The van der Waals surface area contributed by atoms with E-state index in [9.17, 15) is 0 Å². The highest BCUT2D eigenvalue weighted by atomic mass is 79.9. The fourth-order valence-electron chi connectivity index (χ4n) is 1.79. The Kier molecular flexibility index (Phi) is 4.65. The van der Waals surface area contributed by atoms with E-state index in [1.807, 2.05) is 0 Å². The van der Waals surface area contributed by atoms with Crippen molar-refractivity contribution in [3.05, 3.63) is 37.9 Å². The van der Waals surface area contributed by atoms with E-state index < -0.39 is 0 Å². The molecule has 0 radical (unpaired) electrons. The van der Waals surface area contributed by atoms with Crippen molar-refractivity contribution in [2.75, 3.05) is 0 Å². The van der Waals surface area contributed by atoms with Crippen LogP contribution in [0.4, 0.5) is 0 Å². The highest BCUT2D eigenvalue weighted by Gasteiger charge is 2.20. The smallest absolute Gasteiger partial charge is 0.229 e. The van der Waals surface area contributed by atoms with Gasteiger partial charge in [0.15, 0.2) is 5.84 Å². The van der Waals surface area contributed by atoms with Gasteiger partial charge in [-0.15, -0.1) is 0 Å². The first-order chi connectivity index (χ1) is 9.85. The number of hydrogen-bond donors (Lipinski definition) is 2. The number of ether oxygens (including phenoxy) is 1. The van der Waals surface area contributed by atoms with Crippen molar-refractivity contribution in [2.24, 2.45) is 17.9 Å². The van der Waals surface area contributed by atoms with Gasteiger partial charge in [0.2, 0.25) is 5.88 Å². The summed E-state index contributed by atoms with van der Waals surface area (Å²) in [4.78, 5) is 0. The number of rotatable bonds is 3. The third-order valence-electron chi connectivity index (χ3n) is 2.71. The normalized spacial score (nSPS) is 11.8. The minimum Gasteiger partial charge on any atom is -0.437 e. The Labute approximate surface area is 139 Å². The lowest BCUT2D eigenvalue weighted by Crippen LogP contribution is -2.15. The molecule has 0 amide bonds. The summed E-state index contributed by atoms with van der Waals surface area (Å²) < 4.78 is 7.86. The van der Waals surface area contributed by atoms with E-state index in [2.05, 4.69) is 26.2 Å². The Balaban J connectivity index is 2.52. The van der Waals surface area contributed by atoms with E-state index in [4.69, 9.17) is 38.9 Å². The molecule has 9 heteroatoms. The van der Waals surface area contributed by atoms with Crippen molar-refractivity contribution in [1.29, 1.82) is 0 Å². The molecule has 0 fully saturated rings. The molecule has 21 heavy (non-hydrogen) atoms. The highest BCUT2D eigenvalue weighted by Crippen LogP contribution is 2.37. The molecular weight excluding hydrogens is 383 g/mol. The molecule has 0 aliphatic rings. The predicted octanol–water partition coefficient (Wildman–Crippen LogP) is 3.68. The summed E-state index contributed by atoms with van der Waals surface area (Å²) in [5.74, 6) is 0.526. The fraction of sp³-hybridized carbons (Fsp3) is 0.167. The molecule has 2 aromatic rings. The lowest BCUT2D eigenvalue weighted by Gasteiger charge is -2.10. The minimum atomic E-state index is -0.102. The second-order valence-corrected chi connectivity index (χ2v) is 5.84. The topological polar surface area (TPSA) is 85.7 Å². The zero-order chi connectivity index (χ0) is 15.7. The fourth-order valence-corrected chi connectivity index (χ4v) is 2.62. The van der Waals surface area contributed by atoms with Gasteiger partial charge in [0.25, 0.3) is 0 Å². The Bertz CT molecular complexity index is 731. The molecule has 1 heterocycles. The molecule has 6 nitrogen and oxygen atoms in total. The van der Waals surface area contributed by atoms with Crippen molar-refractivity contribution in [1.82, 2.24) is 9.78 Å². The summed E-state index contributed by atoms with van der Waals surface area (Å²) in [7, 11) is 1.67. The van der Waals surface area contributed by atoms with Crippen LogP contribution in [-0.2, 0) is 7.05 Å². The number of nitrogens with two attached hydrogens (primary N) is 1. The van der Waals surface area contributed by atoms with Gasteiger partial charge < -0.3 is 15.7 Å². The van der Waals surface area contributed by atoms with Gasteiger partial charge in [0.1, 0.15) is 11.3 Å². The maximum Gasteiger partial charge on any atom is 0.229 e. The largest absolute Gasteiger partial charge is 0.437 e. The van der Waals surface area contributed by atoms with Crippen LogP contribution in [0.2, 0.25) is 10.0 Å². The van der Waals surface area contributed by atoms with Crippen LogP contribution in [0.25, 0.3) is 0 Å². The van der Waals surface area contributed by atoms with Crippen LogP contribution < -0.4 is 10.5 Å². The zero-order valence-electron chi connectivity index (χ0n) is 11.1. The molecular formula is C12H11BrCl2N4O2. The van der Waals surface area contributed by atoms with Crippen LogP contribution >= 0.6 is 39.1 Å².